The van der Waals surface area contributed by atoms with Gasteiger partial charge in [-0.25, -0.2) is 4.98 Å². The largest absolute Gasteiger partial charge is 0.418 e. The molecule has 0 radical (unpaired) electrons. The number of hydrogen-bond acceptors (Lipinski definition) is 5. The van der Waals surface area contributed by atoms with E-state index in [4.69, 9.17) is 11.6 Å². The minimum Gasteiger partial charge on any atom is -0.336 e. The van der Waals surface area contributed by atoms with Crippen LogP contribution in [0, 0.1) is 0 Å². The lowest BCUT2D eigenvalue weighted by atomic mass is 10.1. The highest BCUT2D eigenvalue weighted by molar-refractivity contribution is 7.99. The number of anilines is 1. The molecule has 7 nitrogen and oxygen atoms in total. The first-order valence-electron chi connectivity index (χ1n) is 9.14. The fraction of sp³-hybridized carbons (Fsp3) is 0.200. The van der Waals surface area contributed by atoms with Crippen molar-refractivity contribution < 1.29 is 22.8 Å². The van der Waals surface area contributed by atoms with Gasteiger partial charge in [-0.3, -0.25) is 14.7 Å². The Morgan fingerprint density at radius 3 is 2.53 bits per heavy atom. The first-order valence-corrected chi connectivity index (χ1v) is 10.5. The summed E-state index contributed by atoms with van der Waals surface area (Å²) >= 11 is 6.92. The van der Waals surface area contributed by atoms with Crippen molar-refractivity contribution in [2.24, 2.45) is 0 Å². The number of nitrogens with zero attached hydrogens (tertiary/aromatic N) is 3. The van der Waals surface area contributed by atoms with E-state index in [-0.39, 0.29) is 11.4 Å². The van der Waals surface area contributed by atoms with E-state index >= 15 is 0 Å². The summed E-state index contributed by atoms with van der Waals surface area (Å²) in [6.45, 7) is -0.407. The molecule has 0 aliphatic rings. The van der Waals surface area contributed by atoms with Gasteiger partial charge >= 0.3 is 6.18 Å². The Labute approximate surface area is 190 Å². The Morgan fingerprint density at radius 2 is 1.84 bits per heavy atom. The molecule has 2 amide bonds. The number of rotatable bonds is 7. The third kappa shape index (κ3) is 6.24. The van der Waals surface area contributed by atoms with E-state index in [1.807, 2.05) is 0 Å². The number of carbonyl (C=O) groups excluding carboxylic acids is 2. The lowest BCUT2D eigenvalue weighted by Gasteiger charge is -2.18. The van der Waals surface area contributed by atoms with Crippen molar-refractivity contribution in [3.8, 4) is 11.4 Å². The number of aromatic nitrogens is 3. The number of aromatic amines is 1. The molecule has 3 aromatic rings. The van der Waals surface area contributed by atoms with Crippen LogP contribution in [0.3, 0.4) is 0 Å². The van der Waals surface area contributed by atoms with Crippen molar-refractivity contribution in [3.05, 3.63) is 59.1 Å². The molecule has 0 aliphatic carbocycles. The highest BCUT2D eigenvalue weighted by atomic mass is 35.5. The lowest BCUT2D eigenvalue weighted by molar-refractivity contribution is -0.137. The van der Waals surface area contributed by atoms with Crippen molar-refractivity contribution >= 4 is 40.9 Å². The van der Waals surface area contributed by atoms with E-state index in [9.17, 15) is 22.8 Å². The zero-order chi connectivity index (χ0) is 23.3. The Balaban J connectivity index is 1.52. The summed E-state index contributed by atoms with van der Waals surface area (Å²) in [4.78, 5) is 29.9. The van der Waals surface area contributed by atoms with Crippen LogP contribution in [0.5, 0.6) is 0 Å². The molecule has 12 heteroatoms. The summed E-state index contributed by atoms with van der Waals surface area (Å²) in [6, 6.07) is 11.6. The molecule has 3 rings (SSSR count). The molecular formula is C20H17ClF3N5O2S. The fourth-order valence-electron chi connectivity index (χ4n) is 2.62. The molecule has 0 aliphatic heterocycles. The molecule has 0 saturated heterocycles. The summed E-state index contributed by atoms with van der Waals surface area (Å²) < 4.78 is 39.1. The zero-order valence-electron chi connectivity index (χ0n) is 16.6. The second kappa shape index (κ2) is 10.0. The second-order valence-corrected chi connectivity index (χ2v) is 7.98. The van der Waals surface area contributed by atoms with E-state index in [0.717, 1.165) is 34.4 Å². The van der Waals surface area contributed by atoms with Crippen LogP contribution in [0.4, 0.5) is 18.9 Å². The standard InChI is InChI=1S/C20H17ClF3N5O2S/c1-29(10-16(30)25-15-5-3-2-4-14(15)20(22,23)24)17(31)11-32-19-26-18(27-28-19)12-6-8-13(21)9-7-12/h2-9H,10-11H2,1H3,(H,25,30)(H,26,27,28). The van der Waals surface area contributed by atoms with Gasteiger partial charge in [-0.1, -0.05) is 35.5 Å². The number of H-pyrrole nitrogens is 1. The van der Waals surface area contributed by atoms with Gasteiger partial charge in [-0.05, 0) is 36.4 Å². The van der Waals surface area contributed by atoms with Crippen molar-refractivity contribution in [2.75, 3.05) is 24.7 Å². The predicted molar refractivity (Wildman–Crippen MR) is 115 cm³/mol. The fourth-order valence-corrected chi connectivity index (χ4v) is 3.48. The van der Waals surface area contributed by atoms with E-state index in [1.54, 1.807) is 24.3 Å². The number of nitrogens with one attached hydrogen (secondary N) is 2. The molecule has 0 spiro atoms. The maximum atomic E-state index is 13.0. The summed E-state index contributed by atoms with van der Waals surface area (Å²) in [6.07, 6.45) is -4.61. The van der Waals surface area contributed by atoms with Crippen LogP contribution in [-0.2, 0) is 15.8 Å². The maximum Gasteiger partial charge on any atom is 0.418 e. The minimum absolute atomic E-state index is 0.0547. The number of halogens is 4. The number of hydrogen-bond donors (Lipinski definition) is 2. The molecule has 1 heterocycles. The van der Waals surface area contributed by atoms with Crippen molar-refractivity contribution in [1.82, 2.24) is 20.1 Å². The number of thioether (sulfide) groups is 1. The van der Waals surface area contributed by atoms with Crippen LogP contribution in [0.1, 0.15) is 5.56 Å². The smallest absolute Gasteiger partial charge is 0.336 e. The van der Waals surface area contributed by atoms with E-state index in [2.05, 4.69) is 20.5 Å². The number of likely N-dealkylation sites (N-methyl/N-ethyl adjacent to an activating group) is 1. The van der Waals surface area contributed by atoms with Crippen molar-refractivity contribution in [2.45, 2.75) is 11.3 Å². The normalized spacial score (nSPS) is 11.3. The molecule has 0 saturated carbocycles. The number of para-hydroxylation sites is 1. The van der Waals surface area contributed by atoms with Gasteiger partial charge in [0.2, 0.25) is 17.0 Å². The van der Waals surface area contributed by atoms with Gasteiger partial charge in [-0.2, -0.15) is 13.2 Å². The van der Waals surface area contributed by atoms with Crippen LogP contribution in [0.25, 0.3) is 11.4 Å². The van der Waals surface area contributed by atoms with Crippen molar-refractivity contribution in [1.29, 1.82) is 0 Å². The van der Waals surface area contributed by atoms with Gasteiger partial charge in [0.25, 0.3) is 0 Å². The summed E-state index contributed by atoms with van der Waals surface area (Å²) in [5.41, 5.74) is -0.553. The van der Waals surface area contributed by atoms with Gasteiger partial charge in [0.05, 0.1) is 23.5 Å². The van der Waals surface area contributed by atoms with Gasteiger partial charge in [-0.15, -0.1) is 5.10 Å². The third-order valence-electron chi connectivity index (χ3n) is 4.22. The van der Waals surface area contributed by atoms with Crippen molar-refractivity contribution in [3.63, 3.8) is 0 Å². The molecule has 0 atom stereocenters. The third-order valence-corrected chi connectivity index (χ3v) is 5.30. The average molecular weight is 484 g/mol. The van der Waals surface area contributed by atoms with Crippen LogP contribution in [-0.4, -0.2) is 51.2 Å². The topological polar surface area (TPSA) is 91.0 Å². The van der Waals surface area contributed by atoms with Crippen LogP contribution in [0.15, 0.2) is 53.7 Å². The Morgan fingerprint density at radius 1 is 1.16 bits per heavy atom. The molecular weight excluding hydrogens is 467 g/mol. The molecule has 0 fully saturated rings. The lowest BCUT2D eigenvalue weighted by Crippen LogP contribution is -2.36. The molecule has 2 aromatic carbocycles. The number of alkyl halides is 3. The Bertz CT molecular complexity index is 1110. The number of benzene rings is 2. The highest BCUT2D eigenvalue weighted by Crippen LogP contribution is 2.34. The molecule has 2 N–H and O–H groups in total. The van der Waals surface area contributed by atoms with Gasteiger partial charge < -0.3 is 10.2 Å². The van der Waals surface area contributed by atoms with Crippen LogP contribution < -0.4 is 5.32 Å². The van der Waals surface area contributed by atoms with Crippen LogP contribution in [0.2, 0.25) is 5.02 Å². The molecule has 1 aromatic heterocycles. The van der Waals surface area contributed by atoms with E-state index in [1.165, 1.54) is 19.2 Å². The monoisotopic (exact) mass is 483 g/mol. The summed E-state index contributed by atoms with van der Waals surface area (Å²) in [7, 11) is 1.38. The summed E-state index contributed by atoms with van der Waals surface area (Å²) in [5, 5.41) is 9.92. The number of amides is 2. The molecule has 0 unspecified atom stereocenters. The van der Waals surface area contributed by atoms with E-state index in [0.29, 0.717) is 16.0 Å². The highest BCUT2D eigenvalue weighted by Gasteiger charge is 2.33. The van der Waals surface area contributed by atoms with Crippen LogP contribution >= 0.6 is 23.4 Å². The molecule has 168 valence electrons. The zero-order valence-corrected chi connectivity index (χ0v) is 18.2. The second-order valence-electron chi connectivity index (χ2n) is 6.60. The first kappa shape index (κ1) is 23.6. The van der Waals surface area contributed by atoms with Gasteiger partial charge in [0, 0.05) is 17.6 Å². The SMILES string of the molecule is CN(CC(=O)Nc1ccccc1C(F)(F)F)C(=O)CSc1n[nH]c(-c2ccc(Cl)cc2)n1. The van der Waals surface area contributed by atoms with E-state index < -0.39 is 30.1 Å². The maximum absolute atomic E-state index is 13.0. The average Bonchev–Trinajstić information content (AvgIpc) is 3.21. The minimum atomic E-state index is -4.61. The molecule has 0 bridgehead atoms. The first-order chi connectivity index (χ1) is 15.1. The Kier molecular flexibility index (Phi) is 7.41. The quantitative estimate of drug-likeness (QED) is 0.488. The van der Waals surface area contributed by atoms with Gasteiger partial charge in [0.15, 0.2) is 5.82 Å². The molecule has 32 heavy (non-hydrogen) atoms. The predicted octanol–water partition coefficient (Wildman–Crippen LogP) is 4.33. The van der Waals surface area contributed by atoms with Gasteiger partial charge in [0.1, 0.15) is 0 Å². The Hall–Kier alpha value is -3.05. The summed E-state index contributed by atoms with van der Waals surface area (Å²) in [5.74, 6) is -0.703. The number of carbonyl (C=O) groups is 2.